The summed E-state index contributed by atoms with van der Waals surface area (Å²) >= 11 is 0. The molecule has 0 aliphatic carbocycles. The van der Waals surface area contributed by atoms with Gasteiger partial charge >= 0.3 is 0 Å². The topological polar surface area (TPSA) is 69.4 Å². The number of benzene rings is 2. The predicted molar refractivity (Wildman–Crippen MR) is 133 cm³/mol. The molecule has 1 aliphatic heterocycles. The van der Waals surface area contributed by atoms with Crippen LogP contribution in [0.3, 0.4) is 0 Å². The largest absolute Gasteiger partial charge is 0.497 e. The highest BCUT2D eigenvalue weighted by atomic mass is 16.5. The van der Waals surface area contributed by atoms with E-state index in [0.29, 0.717) is 17.6 Å². The molecule has 3 heterocycles. The molecule has 1 amide bonds. The Morgan fingerprint density at radius 1 is 1.15 bits per heavy atom. The number of carbonyl (C=O) groups is 1. The summed E-state index contributed by atoms with van der Waals surface area (Å²) in [5.74, 6) is 0.821. The van der Waals surface area contributed by atoms with E-state index in [1.165, 1.54) is 0 Å². The highest BCUT2D eigenvalue weighted by Crippen LogP contribution is 2.27. The van der Waals surface area contributed by atoms with E-state index in [9.17, 15) is 9.59 Å². The van der Waals surface area contributed by atoms with Gasteiger partial charge in [-0.05, 0) is 62.9 Å². The molecule has 1 saturated heterocycles. The van der Waals surface area contributed by atoms with Crippen LogP contribution in [-0.4, -0.2) is 44.6 Å². The van der Waals surface area contributed by atoms with Crippen LogP contribution >= 0.6 is 0 Å². The molecule has 1 fully saturated rings. The van der Waals surface area contributed by atoms with E-state index in [1.807, 2.05) is 58.9 Å². The number of hydrogen-bond acceptors (Lipinski definition) is 4. The summed E-state index contributed by atoms with van der Waals surface area (Å²) in [5, 5.41) is 0.906. The van der Waals surface area contributed by atoms with Crippen LogP contribution in [0.4, 0.5) is 0 Å². The normalized spacial score (nSPS) is 16.3. The zero-order valence-corrected chi connectivity index (χ0v) is 20.0. The molecular formula is C27H30N4O3. The van der Waals surface area contributed by atoms with Crippen LogP contribution in [-0.2, 0) is 17.9 Å². The average Bonchev–Trinajstić information content (AvgIpc) is 3.14. The van der Waals surface area contributed by atoms with E-state index < -0.39 is 0 Å². The maximum Gasteiger partial charge on any atom is 0.278 e. The second-order valence-electron chi connectivity index (χ2n) is 9.26. The fraction of sp³-hybridized carbons (Fsp3) is 0.370. The number of piperidine rings is 1. The first-order valence-electron chi connectivity index (χ1n) is 11.9. The SMILES string of the molecule is COc1ccc(Cn2cnc3c4cc(C)ccc4n(CC(=O)N4CCCC[C@@H]4C)c3c2=O)cc1. The predicted octanol–water partition coefficient (Wildman–Crippen LogP) is 4.12. The quantitative estimate of drug-likeness (QED) is 0.451. The molecule has 7 heteroatoms. The zero-order valence-electron chi connectivity index (χ0n) is 20.0. The van der Waals surface area contributed by atoms with Crippen molar-refractivity contribution in [2.75, 3.05) is 13.7 Å². The van der Waals surface area contributed by atoms with Gasteiger partial charge < -0.3 is 14.2 Å². The number of hydrogen-bond donors (Lipinski definition) is 0. The summed E-state index contributed by atoms with van der Waals surface area (Å²) in [6.07, 6.45) is 4.81. The van der Waals surface area contributed by atoms with Crippen molar-refractivity contribution in [2.24, 2.45) is 0 Å². The van der Waals surface area contributed by atoms with Crippen LogP contribution in [0.5, 0.6) is 5.75 Å². The van der Waals surface area contributed by atoms with Gasteiger partial charge in [0.2, 0.25) is 5.91 Å². The maximum atomic E-state index is 13.7. The third-order valence-corrected chi connectivity index (χ3v) is 6.91. The third-order valence-electron chi connectivity index (χ3n) is 6.91. The Labute approximate surface area is 198 Å². The molecular weight excluding hydrogens is 428 g/mol. The fourth-order valence-electron chi connectivity index (χ4n) is 5.01. The molecule has 4 aromatic rings. The monoisotopic (exact) mass is 458 g/mol. The van der Waals surface area contributed by atoms with Crippen molar-refractivity contribution in [1.29, 1.82) is 0 Å². The summed E-state index contributed by atoms with van der Waals surface area (Å²) in [6.45, 7) is 5.43. The molecule has 7 nitrogen and oxygen atoms in total. The van der Waals surface area contributed by atoms with E-state index in [-0.39, 0.29) is 24.1 Å². The maximum absolute atomic E-state index is 13.7. The van der Waals surface area contributed by atoms with E-state index >= 15 is 0 Å². The molecule has 0 N–H and O–H groups in total. The lowest BCUT2D eigenvalue weighted by atomic mass is 10.0. The summed E-state index contributed by atoms with van der Waals surface area (Å²) in [5.41, 5.74) is 3.91. The molecule has 0 spiro atoms. The van der Waals surface area contributed by atoms with Crippen LogP contribution in [0.1, 0.15) is 37.3 Å². The van der Waals surface area contributed by atoms with Crippen LogP contribution < -0.4 is 10.3 Å². The smallest absolute Gasteiger partial charge is 0.278 e. The number of rotatable bonds is 5. The summed E-state index contributed by atoms with van der Waals surface area (Å²) in [7, 11) is 1.63. The minimum atomic E-state index is -0.144. The number of ether oxygens (including phenoxy) is 1. The molecule has 176 valence electrons. The Balaban J connectivity index is 1.60. The number of methoxy groups -OCH3 is 1. The Kier molecular flexibility index (Phi) is 5.86. The van der Waals surface area contributed by atoms with Crippen molar-refractivity contribution in [3.05, 3.63) is 70.3 Å². The number of amides is 1. The first-order valence-corrected chi connectivity index (χ1v) is 11.9. The van der Waals surface area contributed by atoms with Gasteiger partial charge in [-0.2, -0.15) is 0 Å². The van der Waals surface area contributed by atoms with Crippen molar-refractivity contribution in [2.45, 2.75) is 52.2 Å². The fourth-order valence-corrected chi connectivity index (χ4v) is 5.01. The van der Waals surface area contributed by atoms with E-state index in [4.69, 9.17) is 4.74 Å². The van der Waals surface area contributed by atoms with Gasteiger partial charge in [0.1, 0.15) is 23.3 Å². The number of aromatic nitrogens is 3. The highest BCUT2D eigenvalue weighted by Gasteiger charge is 2.25. The van der Waals surface area contributed by atoms with Crippen LogP contribution in [0.25, 0.3) is 21.9 Å². The standard InChI is InChI=1S/C27H30N4O3/c1-18-7-12-23-22(14-18)25-26(31(23)16-24(32)30-13-5-4-6-19(30)2)27(33)29(17-28-25)15-20-8-10-21(34-3)11-9-20/h7-12,14,17,19H,4-6,13,15-16H2,1-3H3/t19-/m0/s1. The first kappa shape index (κ1) is 22.2. The molecule has 34 heavy (non-hydrogen) atoms. The van der Waals surface area contributed by atoms with Gasteiger partial charge in [-0.15, -0.1) is 0 Å². The second-order valence-corrected chi connectivity index (χ2v) is 9.26. The van der Waals surface area contributed by atoms with Gasteiger partial charge in [-0.3, -0.25) is 14.2 Å². The van der Waals surface area contributed by atoms with E-state index in [0.717, 1.165) is 53.6 Å². The molecule has 0 saturated carbocycles. The lowest BCUT2D eigenvalue weighted by Crippen LogP contribution is -2.43. The van der Waals surface area contributed by atoms with E-state index in [2.05, 4.69) is 11.9 Å². The molecule has 1 atom stereocenters. The van der Waals surface area contributed by atoms with Crippen molar-refractivity contribution >= 4 is 27.8 Å². The van der Waals surface area contributed by atoms with Gasteiger partial charge in [0.25, 0.3) is 5.56 Å². The second kappa shape index (κ2) is 8.97. The lowest BCUT2D eigenvalue weighted by Gasteiger charge is -2.33. The molecule has 2 aromatic heterocycles. The van der Waals surface area contributed by atoms with Crippen LogP contribution in [0.15, 0.2) is 53.6 Å². The van der Waals surface area contributed by atoms with Gasteiger partial charge in [0.05, 0.1) is 25.5 Å². The van der Waals surface area contributed by atoms with Crippen molar-refractivity contribution in [3.63, 3.8) is 0 Å². The average molecular weight is 459 g/mol. The lowest BCUT2D eigenvalue weighted by molar-refractivity contribution is -0.134. The van der Waals surface area contributed by atoms with Crippen LogP contribution in [0.2, 0.25) is 0 Å². The highest BCUT2D eigenvalue weighted by molar-refractivity contribution is 6.06. The van der Waals surface area contributed by atoms with E-state index in [1.54, 1.807) is 18.0 Å². The van der Waals surface area contributed by atoms with Gasteiger partial charge in [-0.1, -0.05) is 23.8 Å². The zero-order chi connectivity index (χ0) is 23.8. The first-order chi connectivity index (χ1) is 16.5. The van der Waals surface area contributed by atoms with Crippen molar-refractivity contribution < 1.29 is 9.53 Å². The number of aryl methyl sites for hydroxylation is 1. The number of likely N-dealkylation sites (tertiary alicyclic amines) is 1. The van der Waals surface area contributed by atoms with Gasteiger partial charge in [-0.25, -0.2) is 4.98 Å². The van der Waals surface area contributed by atoms with Gasteiger partial charge in [0, 0.05) is 18.0 Å². The molecule has 0 unspecified atom stereocenters. The minimum Gasteiger partial charge on any atom is -0.497 e. The van der Waals surface area contributed by atoms with Crippen LogP contribution in [0, 0.1) is 6.92 Å². The summed E-state index contributed by atoms with van der Waals surface area (Å²) in [4.78, 5) is 33.7. The summed E-state index contributed by atoms with van der Waals surface area (Å²) in [6, 6.07) is 13.9. The number of nitrogens with zero attached hydrogens (tertiary/aromatic N) is 4. The Hall–Kier alpha value is -3.61. The molecule has 0 radical (unpaired) electrons. The Bertz CT molecular complexity index is 1420. The Morgan fingerprint density at radius 3 is 2.68 bits per heavy atom. The number of carbonyl (C=O) groups excluding carboxylic acids is 1. The molecule has 5 rings (SSSR count). The molecule has 0 bridgehead atoms. The van der Waals surface area contributed by atoms with Crippen molar-refractivity contribution in [1.82, 2.24) is 19.0 Å². The number of fused-ring (bicyclic) bond motifs is 3. The molecule has 1 aliphatic rings. The summed E-state index contributed by atoms with van der Waals surface area (Å²) < 4.78 is 8.71. The minimum absolute atomic E-state index is 0.0523. The van der Waals surface area contributed by atoms with Crippen molar-refractivity contribution in [3.8, 4) is 5.75 Å². The molecule has 2 aromatic carbocycles. The Morgan fingerprint density at radius 2 is 1.94 bits per heavy atom. The third kappa shape index (κ3) is 3.95. The van der Waals surface area contributed by atoms with Gasteiger partial charge in [0.15, 0.2) is 0 Å².